The Morgan fingerprint density at radius 3 is 2.65 bits per heavy atom. The third-order valence-electron chi connectivity index (χ3n) is 3.98. The first-order valence-corrected chi connectivity index (χ1v) is 7.10. The summed E-state index contributed by atoms with van der Waals surface area (Å²) in [6.45, 7) is 12.3. The van der Waals surface area contributed by atoms with Gasteiger partial charge in [-0.05, 0) is 52.1 Å². The van der Waals surface area contributed by atoms with Gasteiger partial charge in [0.15, 0.2) is 0 Å². The maximum absolute atomic E-state index is 9.59. The van der Waals surface area contributed by atoms with Crippen LogP contribution in [0.15, 0.2) is 0 Å². The molecule has 1 rings (SSSR count). The number of hydrogen-bond acceptors (Lipinski definition) is 3. The van der Waals surface area contributed by atoms with E-state index in [-0.39, 0.29) is 12.1 Å². The average Bonchev–Trinajstić information content (AvgIpc) is 2.30. The summed E-state index contributed by atoms with van der Waals surface area (Å²) in [5.74, 6) is 0.852. The van der Waals surface area contributed by atoms with E-state index >= 15 is 0 Å². The van der Waals surface area contributed by atoms with Crippen molar-refractivity contribution in [1.82, 2.24) is 10.2 Å². The number of aliphatic hydroxyl groups is 1. The standard InChI is InChI=1S/C14H30N2O/c1-5-7-15-14(4,11-17)10-16-8-6-12(2)9-13(16)3/h12-13,15,17H,5-11H2,1-4H3. The van der Waals surface area contributed by atoms with Crippen LogP contribution in [-0.4, -0.2) is 47.8 Å². The van der Waals surface area contributed by atoms with Gasteiger partial charge in [-0.3, -0.25) is 4.90 Å². The summed E-state index contributed by atoms with van der Waals surface area (Å²) in [6.07, 6.45) is 3.69. The number of nitrogens with one attached hydrogen (secondary N) is 1. The first kappa shape index (κ1) is 14.9. The summed E-state index contributed by atoms with van der Waals surface area (Å²) in [7, 11) is 0. The van der Waals surface area contributed by atoms with Crippen molar-refractivity contribution in [3.8, 4) is 0 Å². The van der Waals surface area contributed by atoms with Gasteiger partial charge < -0.3 is 10.4 Å². The van der Waals surface area contributed by atoms with Crippen molar-refractivity contribution in [3.05, 3.63) is 0 Å². The van der Waals surface area contributed by atoms with Gasteiger partial charge in [0, 0.05) is 12.6 Å². The van der Waals surface area contributed by atoms with E-state index in [2.05, 4.69) is 37.9 Å². The van der Waals surface area contributed by atoms with Crippen LogP contribution < -0.4 is 5.32 Å². The van der Waals surface area contributed by atoms with Gasteiger partial charge in [0.05, 0.1) is 12.1 Å². The van der Waals surface area contributed by atoms with Crippen LogP contribution in [0, 0.1) is 5.92 Å². The summed E-state index contributed by atoms with van der Waals surface area (Å²) in [4.78, 5) is 2.53. The molecule has 0 aromatic carbocycles. The predicted octanol–water partition coefficient (Wildman–Crippen LogP) is 1.86. The minimum absolute atomic E-state index is 0.148. The van der Waals surface area contributed by atoms with E-state index in [1.807, 2.05) is 0 Å². The van der Waals surface area contributed by atoms with Crippen molar-refractivity contribution >= 4 is 0 Å². The van der Waals surface area contributed by atoms with Crippen LogP contribution in [0.5, 0.6) is 0 Å². The van der Waals surface area contributed by atoms with Gasteiger partial charge in [-0.25, -0.2) is 0 Å². The van der Waals surface area contributed by atoms with E-state index in [9.17, 15) is 5.11 Å². The van der Waals surface area contributed by atoms with Crippen LogP contribution in [0.1, 0.15) is 47.0 Å². The molecule has 0 aromatic rings. The van der Waals surface area contributed by atoms with E-state index in [0.29, 0.717) is 6.04 Å². The summed E-state index contributed by atoms with van der Waals surface area (Å²) < 4.78 is 0. The summed E-state index contributed by atoms with van der Waals surface area (Å²) in [5, 5.41) is 13.1. The summed E-state index contributed by atoms with van der Waals surface area (Å²) >= 11 is 0. The molecule has 0 aromatic heterocycles. The zero-order chi connectivity index (χ0) is 12.9. The van der Waals surface area contributed by atoms with Crippen molar-refractivity contribution < 1.29 is 5.11 Å². The molecule has 2 N–H and O–H groups in total. The van der Waals surface area contributed by atoms with Crippen molar-refractivity contribution in [3.63, 3.8) is 0 Å². The van der Waals surface area contributed by atoms with Crippen LogP contribution in [0.25, 0.3) is 0 Å². The molecule has 0 spiro atoms. The molecular weight excluding hydrogens is 212 g/mol. The van der Waals surface area contributed by atoms with E-state index in [1.54, 1.807) is 0 Å². The lowest BCUT2D eigenvalue weighted by atomic mass is 9.91. The monoisotopic (exact) mass is 242 g/mol. The molecule has 0 bridgehead atoms. The molecule has 1 saturated heterocycles. The van der Waals surface area contributed by atoms with Gasteiger partial charge in [0.25, 0.3) is 0 Å². The van der Waals surface area contributed by atoms with Gasteiger partial charge >= 0.3 is 0 Å². The third kappa shape index (κ3) is 4.57. The largest absolute Gasteiger partial charge is 0.394 e. The Morgan fingerprint density at radius 2 is 2.12 bits per heavy atom. The first-order valence-electron chi connectivity index (χ1n) is 7.10. The Kier molecular flexibility index (Phi) is 5.90. The SMILES string of the molecule is CCCNC(C)(CO)CN1CCC(C)CC1C. The quantitative estimate of drug-likeness (QED) is 0.746. The molecule has 1 aliphatic rings. The summed E-state index contributed by atoms with van der Waals surface area (Å²) in [6, 6.07) is 0.646. The molecule has 17 heavy (non-hydrogen) atoms. The highest BCUT2D eigenvalue weighted by Gasteiger charge is 2.30. The van der Waals surface area contributed by atoms with Gasteiger partial charge in [-0.1, -0.05) is 13.8 Å². The van der Waals surface area contributed by atoms with Gasteiger partial charge in [-0.2, -0.15) is 0 Å². The fraction of sp³-hybridized carbons (Fsp3) is 1.00. The van der Waals surface area contributed by atoms with E-state index in [1.165, 1.54) is 19.4 Å². The Balaban J connectivity index is 2.49. The lowest BCUT2D eigenvalue weighted by Crippen LogP contribution is -2.57. The highest BCUT2D eigenvalue weighted by molar-refractivity contribution is 4.89. The number of rotatable bonds is 6. The number of hydrogen-bond donors (Lipinski definition) is 2. The smallest absolute Gasteiger partial charge is 0.0623 e. The first-order chi connectivity index (χ1) is 8.00. The van der Waals surface area contributed by atoms with Crippen LogP contribution >= 0.6 is 0 Å². The highest BCUT2D eigenvalue weighted by atomic mass is 16.3. The number of piperidine rings is 1. The molecule has 0 amide bonds. The predicted molar refractivity (Wildman–Crippen MR) is 73.2 cm³/mol. The Bertz CT molecular complexity index is 222. The van der Waals surface area contributed by atoms with Gasteiger partial charge in [0.2, 0.25) is 0 Å². The summed E-state index contributed by atoms with van der Waals surface area (Å²) in [5.41, 5.74) is -0.148. The second-order valence-corrected chi connectivity index (χ2v) is 6.09. The zero-order valence-electron chi connectivity index (χ0n) is 12.0. The van der Waals surface area contributed by atoms with Crippen LogP contribution in [0.2, 0.25) is 0 Å². The molecule has 1 heterocycles. The number of nitrogens with zero attached hydrogens (tertiary/aromatic N) is 1. The molecule has 3 unspecified atom stereocenters. The molecule has 3 atom stereocenters. The lowest BCUT2D eigenvalue weighted by Gasteiger charge is -2.42. The van der Waals surface area contributed by atoms with E-state index in [0.717, 1.165) is 25.4 Å². The third-order valence-corrected chi connectivity index (χ3v) is 3.98. The van der Waals surface area contributed by atoms with Gasteiger partial charge in [-0.15, -0.1) is 0 Å². The fourth-order valence-corrected chi connectivity index (χ4v) is 2.73. The van der Waals surface area contributed by atoms with Crippen molar-refractivity contribution in [1.29, 1.82) is 0 Å². The molecule has 1 aliphatic heterocycles. The molecule has 0 aliphatic carbocycles. The Hall–Kier alpha value is -0.120. The number of likely N-dealkylation sites (tertiary alicyclic amines) is 1. The molecule has 3 heteroatoms. The molecule has 0 radical (unpaired) electrons. The molecule has 0 saturated carbocycles. The lowest BCUT2D eigenvalue weighted by molar-refractivity contribution is 0.0668. The van der Waals surface area contributed by atoms with E-state index < -0.39 is 0 Å². The second-order valence-electron chi connectivity index (χ2n) is 6.09. The Labute approximate surface area is 107 Å². The number of aliphatic hydroxyl groups excluding tert-OH is 1. The highest BCUT2D eigenvalue weighted by Crippen LogP contribution is 2.23. The Morgan fingerprint density at radius 1 is 1.41 bits per heavy atom. The molecular formula is C14H30N2O. The zero-order valence-corrected chi connectivity index (χ0v) is 12.0. The minimum Gasteiger partial charge on any atom is -0.394 e. The minimum atomic E-state index is -0.148. The van der Waals surface area contributed by atoms with Crippen molar-refractivity contribution in [2.45, 2.75) is 58.5 Å². The maximum atomic E-state index is 9.59. The molecule has 3 nitrogen and oxygen atoms in total. The normalized spacial score (nSPS) is 30.2. The van der Waals surface area contributed by atoms with Crippen LogP contribution in [0.4, 0.5) is 0 Å². The van der Waals surface area contributed by atoms with Crippen LogP contribution in [0.3, 0.4) is 0 Å². The topological polar surface area (TPSA) is 35.5 Å². The maximum Gasteiger partial charge on any atom is 0.0623 e. The molecule has 1 fully saturated rings. The average molecular weight is 242 g/mol. The molecule has 102 valence electrons. The van der Waals surface area contributed by atoms with E-state index in [4.69, 9.17) is 0 Å². The van der Waals surface area contributed by atoms with Gasteiger partial charge in [0.1, 0.15) is 0 Å². The van der Waals surface area contributed by atoms with Crippen molar-refractivity contribution in [2.75, 3.05) is 26.2 Å². The van der Waals surface area contributed by atoms with Crippen LogP contribution in [-0.2, 0) is 0 Å². The second kappa shape index (κ2) is 6.72. The van der Waals surface area contributed by atoms with Crippen molar-refractivity contribution in [2.24, 2.45) is 5.92 Å². The fourth-order valence-electron chi connectivity index (χ4n) is 2.73.